The van der Waals surface area contributed by atoms with Gasteiger partial charge in [0.05, 0.1) is 0 Å². The summed E-state index contributed by atoms with van der Waals surface area (Å²) in [6.45, 7) is 1.97. The molecule has 0 unspecified atom stereocenters. The van der Waals surface area contributed by atoms with Crippen LogP contribution in [0.25, 0.3) is 6.08 Å². The highest BCUT2D eigenvalue weighted by molar-refractivity contribution is 5.91. The largest absolute Gasteiger partial charge is 0.444 e. The third-order valence-corrected chi connectivity index (χ3v) is 3.59. The fourth-order valence-corrected chi connectivity index (χ4v) is 2.21. The van der Waals surface area contributed by atoms with Crippen LogP contribution < -0.4 is 0 Å². The van der Waals surface area contributed by atoms with Crippen molar-refractivity contribution in [3.63, 3.8) is 0 Å². The zero-order valence-corrected chi connectivity index (χ0v) is 14.1. The van der Waals surface area contributed by atoms with Crippen molar-refractivity contribution in [1.29, 1.82) is 0 Å². The molecule has 0 aliphatic rings. The van der Waals surface area contributed by atoms with Gasteiger partial charge in [-0.1, -0.05) is 54.6 Å². The van der Waals surface area contributed by atoms with Gasteiger partial charge in [0.1, 0.15) is 0 Å². The molecule has 0 radical (unpaired) electrons. The molecule has 0 aliphatic carbocycles. The molecule has 2 aromatic carbocycles. The van der Waals surface area contributed by atoms with Gasteiger partial charge in [-0.25, -0.2) is 4.79 Å². The summed E-state index contributed by atoms with van der Waals surface area (Å²) in [5.41, 5.74) is 2.64. The summed E-state index contributed by atoms with van der Waals surface area (Å²) in [6.07, 6.45) is 2.09. The van der Waals surface area contributed by atoms with Crippen molar-refractivity contribution < 1.29 is 14.3 Å². The number of benzene rings is 2. The van der Waals surface area contributed by atoms with Gasteiger partial charge in [0.25, 0.3) is 5.91 Å². The normalized spacial score (nSPS) is 12.0. The van der Waals surface area contributed by atoms with E-state index < -0.39 is 12.1 Å². The maximum atomic E-state index is 12.3. The first-order chi connectivity index (χ1) is 11.5. The quantitative estimate of drug-likeness (QED) is 0.626. The van der Waals surface area contributed by atoms with Crippen LogP contribution >= 0.6 is 0 Å². The average molecular weight is 323 g/mol. The summed E-state index contributed by atoms with van der Waals surface area (Å²) in [4.78, 5) is 25.9. The number of hydrogen-bond acceptors (Lipinski definition) is 3. The highest BCUT2D eigenvalue weighted by atomic mass is 16.5. The van der Waals surface area contributed by atoms with E-state index in [1.165, 1.54) is 11.0 Å². The monoisotopic (exact) mass is 323 g/mol. The highest BCUT2D eigenvalue weighted by Gasteiger charge is 2.25. The Labute approximate surface area is 142 Å². The Balaban J connectivity index is 2.16. The van der Waals surface area contributed by atoms with Crippen molar-refractivity contribution in [3.05, 3.63) is 77.4 Å². The van der Waals surface area contributed by atoms with Crippen LogP contribution in [0.5, 0.6) is 0 Å². The van der Waals surface area contributed by atoms with Crippen molar-refractivity contribution in [1.82, 2.24) is 4.90 Å². The van der Waals surface area contributed by atoms with Crippen LogP contribution in [-0.2, 0) is 14.3 Å². The lowest BCUT2D eigenvalue weighted by Crippen LogP contribution is -2.30. The molecule has 4 heteroatoms. The molecule has 0 aliphatic heterocycles. The maximum absolute atomic E-state index is 12.3. The zero-order chi connectivity index (χ0) is 17.5. The molecule has 0 fully saturated rings. The van der Waals surface area contributed by atoms with Gasteiger partial charge in [-0.15, -0.1) is 0 Å². The average Bonchev–Trinajstić information content (AvgIpc) is 2.59. The number of carbonyl (C=O) groups is 2. The fourth-order valence-electron chi connectivity index (χ4n) is 2.21. The fraction of sp³-hybridized carbons (Fsp3) is 0.200. The summed E-state index contributed by atoms with van der Waals surface area (Å²) < 4.78 is 5.40. The number of hydrogen-bond donors (Lipinski definition) is 0. The minimum atomic E-state index is -0.949. The standard InChI is InChI=1S/C20H21NO3/c1-15-9-7-8-10-16(15)13-14-18(22)24-19(20(23)21(2)3)17-11-5-4-6-12-17/h4-14,19H,1-3H3/b14-13+/t19-/m0/s1. The molecule has 0 bridgehead atoms. The number of amides is 1. The van der Waals surface area contributed by atoms with E-state index in [-0.39, 0.29) is 5.91 Å². The number of likely N-dealkylation sites (N-methyl/N-ethyl adjacent to an activating group) is 1. The van der Waals surface area contributed by atoms with Crippen LogP contribution in [0.3, 0.4) is 0 Å². The number of rotatable bonds is 5. The summed E-state index contributed by atoms with van der Waals surface area (Å²) in [6, 6.07) is 16.7. The molecule has 2 rings (SSSR count). The van der Waals surface area contributed by atoms with Gasteiger partial charge in [-0.2, -0.15) is 0 Å². The zero-order valence-electron chi connectivity index (χ0n) is 14.1. The lowest BCUT2D eigenvalue weighted by molar-refractivity contribution is -0.155. The second kappa shape index (κ2) is 8.11. The highest BCUT2D eigenvalue weighted by Crippen LogP contribution is 2.20. The molecule has 0 saturated carbocycles. The van der Waals surface area contributed by atoms with Crippen LogP contribution in [0.4, 0.5) is 0 Å². The Bertz CT molecular complexity index is 736. The second-order valence-corrected chi connectivity index (χ2v) is 5.65. The van der Waals surface area contributed by atoms with Crippen molar-refractivity contribution in [2.45, 2.75) is 13.0 Å². The number of aryl methyl sites for hydroxylation is 1. The lowest BCUT2D eigenvalue weighted by atomic mass is 10.1. The Morgan fingerprint density at radius 1 is 1.00 bits per heavy atom. The number of ether oxygens (including phenoxy) is 1. The summed E-state index contributed by atoms with van der Waals surface area (Å²) in [7, 11) is 3.27. The van der Waals surface area contributed by atoms with Gasteiger partial charge in [-0.05, 0) is 24.1 Å². The van der Waals surface area contributed by atoms with E-state index in [2.05, 4.69) is 0 Å². The molecule has 0 aromatic heterocycles. The topological polar surface area (TPSA) is 46.6 Å². The molecule has 124 valence electrons. The van der Waals surface area contributed by atoms with Crippen molar-refractivity contribution in [2.75, 3.05) is 14.1 Å². The molecule has 2 aromatic rings. The maximum Gasteiger partial charge on any atom is 0.331 e. The third kappa shape index (κ3) is 4.56. The van der Waals surface area contributed by atoms with Gasteiger partial charge in [0, 0.05) is 25.7 Å². The predicted octanol–water partition coefficient (Wildman–Crippen LogP) is 3.38. The van der Waals surface area contributed by atoms with Crippen LogP contribution in [0.2, 0.25) is 0 Å². The van der Waals surface area contributed by atoms with E-state index in [0.717, 1.165) is 11.1 Å². The van der Waals surface area contributed by atoms with E-state index in [1.54, 1.807) is 32.3 Å². The second-order valence-electron chi connectivity index (χ2n) is 5.65. The summed E-state index contributed by atoms with van der Waals surface area (Å²) in [5.74, 6) is -0.832. The third-order valence-electron chi connectivity index (χ3n) is 3.59. The van der Waals surface area contributed by atoms with Gasteiger partial charge in [-0.3, -0.25) is 4.79 Å². The Hall–Kier alpha value is -2.88. The Morgan fingerprint density at radius 2 is 1.62 bits per heavy atom. The van der Waals surface area contributed by atoms with Crippen LogP contribution in [0.15, 0.2) is 60.7 Å². The molecule has 0 N–H and O–H groups in total. The Kier molecular flexibility index (Phi) is 5.90. The molecular weight excluding hydrogens is 302 g/mol. The van der Waals surface area contributed by atoms with Gasteiger partial charge >= 0.3 is 5.97 Å². The first-order valence-electron chi connectivity index (χ1n) is 7.69. The predicted molar refractivity (Wildman–Crippen MR) is 94.2 cm³/mol. The van der Waals surface area contributed by atoms with Crippen molar-refractivity contribution in [2.24, 2.45) is 0 Å². The first-order valence-corrected chi connectivity index (χ1v) is 7.69. The van der Waals surface area contributed by atoms with Crippen molar-refractivity contribution in [3.8, 4) is 0 Å². The van der Waals surface area contributed by atoms with E-state index in [0.29, 0.717) is 5.56 Å². The van der Waals surface area contributed by atoms with Crippen LogP contribution in [0, 0.1) is 6.92 Å². The van der Waals surface area contributed by atoms with E-state index in [4.69, 9.17) is 4.74 Å². The smallest absolute Gasteiger partial charge is 0.331 e. The molecule has 0 heterocycles. The minimum Gasteiger partial charge on any atom is -0.444 e. The minimum absolute atomic E-state index is 0.279. The number of esters is 1. The van der Waals surface area contributed by atoms with Gasteiger partial charge in [0.15, 0.2) is 0 Å². The summed E-state index contributed by atoms with van der Waals surface area (Å²) in [5, 5.41) is 0. The van der Waals surface area contributed by atoms with E-state index in [1.807, 2.05) is 49.4 Å². The van der Waals surface area contributed by atoms with Gasteiger partial charge < -0.3 is 9.64 Å². The molecular formula is C20H21NO3. The van der Waals surface area contributed by atoms with Crippen LogP contribution in [-0.4, -0.2) is 30.9 Å². The molecule has 1 amide bonds. The molecule has 24 heavy (non-hydrogen) atoms. The van der Waals surface area contributed by atoms with Crippen LogP contribution in [0.1, 0.15) is 22.8 Å². The van der Waals surface area contributed by atoms with E-state index in [9.17, 15) is 9.59 Å². The lowest BCUT2D eigenvalue weighted by Gasteiger charge is -2.20. The summed E-state index contributed by atoms with van der Waals surface area (Å²) >= 11 is 0. The number of carbonyl (C=O) groups excluding carboxylic acids is 2. The van der Waals surface area contributed by atoms with Gasteiger partial charge in [0.2, 0.25) is 6.10 Å². The molecule has 1 atom stereocenters. The molecule has 0 saturated heterocycles. The first kappa shape index (κ1) is 17.5. The van der Waals surface area contributed by atoms with E-state index >= 15 is 0 Å². The SMILES string of the molecule is Cc1ccccc1/C=C/C(=O)O[C@H](C(=O)N(C)C)c1ccccc1. The molecule has 4 nitrogen and oxygen atoms in total. The Morgan fingerprint density at radius 3 is 2.25 bits per heavy atom. The number of nitrogens with zero attached hydrogens (tertiary/aromatic N) is 1. The van der Waals surface area contributed by atoms with Crippen molar-refractivity contribution >= 4 is 18.0 Å². The molecule has 0 spiro atoms.